The highest BCUT2D eigenvalue weighted by Crippen LogP contribution is 2.20. The standard InChI is InChI=1S/C29H30N2O4/c1-21-18-26(22(2)35-21)29(33)31(20-25-14-9-17-34-25)16-15-28(32)30-27(24-12-7-4-8-13-24)19-23-10-5-3-6-11-23/h3-14,17-18,27H,15-16,19-20H2,1-2H3,(H,30,32). The van der Waals surface area contributed by atoms with Gasteiger partial charge in [-0.05, 0) is 49.6 Å². The van der Waals surface area contributed by atoms with Crippen LogP contribution >= 0.6 is 0 Å². The summed E-state index contributed by atoms with van der Waals surface area (Å²) in [5.74, 6) is 1.59. The number of nitrogens with one attached hydrogen (secondary N) is 1. The fraction of sp³-hybridized carbons (Fsp3) is 0.241. The number of nitrogens with zero attached hydrogens (tertiary/aromatic N) is 1. The number of hydrogen-bond donors (Lipinski definition) is 1. The third kappa shape index (κ3) is 6.51. The monoisotopic (exact) mass is 470 g/mol. The average Bonchev–Trinajstić information content (AvgIpc) is 3.50. The van der Waals surface area contributed by atoms with Gasteiger partial charge in [0, 0.05) is 13.0 Å². The van der Waals surface area contributed by atoms with Gasteiger partial charge in [0.15, 0.2) is 0 Å². The quantitative estimate of drug-likeness (QED) is 0.326. The smallest absolute Gasteiger partial charge is 0.257 e. The summed E-state index contributed by atoms with van der Waals surface area (Å²) in [5.41, 5.74) is 2.68. The van der Waals surface area contributed by atoms with Crippen molar-refractivity contribution in [2.75, 3.05) is 6.54 Å². The van der Waals surface area contributed by atoms with Crippen molar-refractivity contribution >= 4 is 11.8 Å². The van der Waals surface area contributed by atoms with Crippen LogP contribution in [0, 0.1) is 13.8 Å². The zero-order valence-corrected chi connectivity index (χ0v) is 20.1. The number of aryl methyl sites for hydroxylation is 2. The molecule has 0 spiro atoms. The van der Waals surface area contributed by atoms with E-state index in [0.717, 1.165) is 11.1 Å². The Morgan fingerprint density at radius 2 is 1.66 bits per heavy atom. The van der Waals surface area contributed by atoms with Crippen molar-refractivity contribution in [1.29, 1.82) is 0 Å². The molecule has 6 heteroatoms. The SMILES string of the molecule is Cc1cc(C(=O)N(CCC(=O)NC(Cc2ccccc2)c2ccccc2)Cc2ccco2)c(C)o1. The lowest BCUT2D eigenvalue weighted by Crippen LogP contribution is -2.36. The molecule has 0 aliphatic heterocycles. The summed E-state index contributed by atoms with van der Waals surface area (Å²) in [4.78, 5) is 28.0. The fourth-order valence-corrected chi connectivity index (χ4v) is 4.15. The molecular formula is C29H30N2O4. The van der Waals surface area contributed by atoms with E-state index in [2.05, 4.69) is 17.4 Å². The molecule has 4 rings (SSSR count). The third-order valence-electron chi connectivity index (χ3n) is 5.91. The highest BCUT2D eigenvalue weighted by molar-refractivity contribution is 5.95. The average molecular weight is 471 g/mol. The van der Waals surface area contributed by atoms with Crippen LogP contribution in [-0.2, 0) is 17.8 Å². The third-order valence-corrected chi connectivity index (χ3v) is 5.91. The van der Waals surface area contributed by atoms with Crippen LogP contribution in [-0.4, -0.2) is 23.3 Å². The molecule has 0 aliphatic rings. The minimum Gasteiger partial charge on any atom is -0.467 e. The van der Waals surface area contributed by atoms with Gasteiger partial charge in [0.05, 0.1) is 24.4 Å². The lowest BCUT2D eigenvalue weighted by molar-refractivity contribution is -0.122. The first-order valence-corrected chi connectivity index (χ1v) is 11.8. The maximum absolute atomic E-state index is 13.3. The van der Waals surface area contributed by atoms with Crippen molar-refractivity contribution in [3.63, 3.8) is 0 Å². The predicted octanol–water partition coefficient (Wildman–Crippen LogP) is 5.62. The van der Waals surface area contributed by atoms with Gasteiger partial charge in [-0.25, -0.2) is 0 Å². The highest BCUT2D eigenvalue weighted by Gasteiger charge is 2.23. The largest absolute Gasteiger partial charge is 0.467 e. The molecule has 0 saturated heterocycles. The van der Waals surface area contributed by atoms with Gasteiger partial charge in [-0.1, -0.05) is 60.7 Å². The lowest BCUT2D eigenvalue weighted by atomic mass is 9.98. The molecule has 2 amide bonds. The Morgan fingerprint density at radius 3 is 2.29 bits per heavy atom. The van der Waals surface area contributed by atoms with Gasteiger partial charge in [0.2, 0.25) is 5.91 Å². The van der Waals surface area contributed by atoms with Crippen molar-refractivity contribution in [3.05, 3.63) is 119 Å². The maximum Gasteiger partial charge on any atom is 0.257 e. The molecule has 180 valence electrons. The van der Waals surface area contributed by atoms with Crippen LogP contribution in [0.1, 0.15) is 51.2 Å². The zero-order valence-electron chi connectivity index (χ0n) is 20.1. The fourth-order valence-electron chi connectivity index (χ4n) is 4.15. The number of furan rings is 2. The maximum atomic E-state index is 13.3. The summed E-state index contributed by atoms with van der Waals surface area (Å²) >= 11 is 0. The number of rotatable bonds is 10. The van der Waals surface area contributed by atoms with Crippen LogP contribution in [0.15, 0.2) is 94.0 Å². The Balaban J connectivity index is 1.46. The number of amides is 2. The Labute approximate surface area is 205 Å². The molecule has 35 heavy (non-hydrogen) atoms. The van der Waals surface area contributed by atoms with E-state index in [1.807, 2.05) is 61.5 Å². The number of benzene rings is 2. The summed E-state index contributed by atoms with van der Waals surface area (Å²) < 4.78 is 11.0. The van der Waals surface area contributed by atoms with Gasteiger partial charge >= 0.3 is 0 Å². The van der Waals surface area contributed by atoms with Crippen LogP contribution in [0.3, 0.4) is 0 Å². The molecular weight excluding hydrogens is 440 g/mol. The molecule has 2 aromatic heterocycles. The Morgan fingerprint density at radius 1 is 0.943 bits per heavy atom. The van der Waals surface area contributed by atoms with Crippen LogP contribution in [0.2, 0.25) is 0 Å². The highest BCUT2D eigenvalue weighted by atomic mass is 16.3. The molecule has 1 atom stereocenters. The molecule has 6 nitrogen and oxygen atoms in total. The molecule has 1 unspecified atom stereocenters. The van der Waals surface area contributed by atoms with E-state index in [0.29, 0.717) is 29.3 Å². The first-order valence-electron chi connectivity index (χ1n) is 11.8. The minimum atomic E-state index is -0.188. The zero-order chi connectivity index (χ0) is 24.6. The van der Waals surface area contributed by atoms with Crippen molar-refractivity contribution in [2.45, 2.75) is 39.3 Å². The molecule has 4 aromatic rings. The summed E-state index contributed by atoms with van der Waals surface area (Å²) in [7, 11) is 0. The van der Waals surface area contributed by atoms with Gasteiger partial charge in [0.1, 0.15) is 17.3 Å². The van der Waals surface area contributed by atoms with Crippen molar-refractivity contribution in [3.8, 4) is 0 Å². The molecule has 2 heterocycles. The van der Waals surface area contributed by atoms with Crippen LogP contribution in [0.4, 0.5) is 0 Å². The molecule has 0 fully saturated rings. The van der Waals surface area contributed by atoms with Gasteiger partial charge < -0.3 is 19.1 Å². The van der Waals surface area contributed by atoms with Gasteiger partial charge in [-0.2, -0.15) is 0 Å². The molecule has 0 bridgehead atoms. The van der Waals surface area contributed by atoms with Gasteiger partial charge in [-0.3, -0.25) is 9.59 Å². The van der Waals surface area contributed by atoms with Gasteiger partial charge in [0.25, 0.3) is 5.91 Å². The molecule has 0 aliphatic carbocycles. The summed E-state index contributed by atoms with van der Waals surface area (Å²) in [6.07, 6.45) is 2.42. The Kier molecular flexibility index (Phi) is 7.83. The second-order valence-corrected chi connectivity index (χ2v) is 8.60. The van der Waals surface area contributed by atoms with E-state index < -0.39 is 0 Å². The normalized spacial score (nSPS) is 11.7. The molecule has 0 radical (unpaired) electrons. The number of carbonyl (C=O) groups is 2. The summed E-state index contributed by atoms with van der Waals surface area (Å²) in [6.45, 7) is 4.10. The molecule has 0 saturated carbocycles. The second-order valence-electron chi connectivity index (χ2n) is 8.60. The first-order chi connectivity index (χ1) is 17.0. The minimum absolute atomic E-state index is 0.118. The van der Waals surface area contributed by atoms with E-state index in [9.17, 15) is 9.59 Å². The van der Waals surface area contributed by atoms with Crippen LogP contribution in [0.5, 0.6) is 0 Å². The van der Waals surface area contributed by atoms with Crippen molar-refractivity contribution in [1.82, 2.24) is 10.2 Å². The number of carbonyl (C=O) groups excluding carboxylic acids is 2. The van der Waals surface area contributed by atoms with E-state index >= 15 is 0 Å². The number of hydrogen-bond acceptors (Lipinski definition) is 4. The van der Waals surface area contributed by atoms with Gasteiger partial charge in [-0.15, -0.1) is 0 Å². The van der Waals surface area contributed by atoms with Crippen molar-refractivity contribution in [2.24, 2.45) is 0 Å². The van der Waals surface area contributed by atoms with E-state index in [1.54, 1.807) is 30.2 Å². The topological polar surface area (TPSA) is 75.7 Å². The van der Waals surface area contributed by atoms with E-state index in [1.165, 1.54) is 0 Å². The predicted molar refractivity (Wildman–Crippen MR) is 134 cm³/mol. The Bertz CT molecular complexity index is 1230. The lowest BCUT2D eigenvalue weighted by Gasteiger charge is -2.23. The summed E-state index contributed by atoms with van der Waals surface area (Å²) in [5, 5.41) is 3.17. The molecule has 2 aromatic carbocycles. The Hall–Kier alpha value is -4.06. The van der Waals surface area contributed by atoms with Crippen LogP contribution < -0.4 is 5.32 Å². The molecule has 1 N–H and O–H groups in total. The van der Waals surface area contributed by atoms with Crippen LogP contribution in [0.25, 0.3) is 0 Å². The van der Waals surface area contributed by atoms with E-state index in [-0.39, 0.29) is 37.4 Å². The summed E-state index contributed by atoms with van der Waals surface area (Å²) in [6, 6.07) is 25.2. The van der Waals surface area contributed by atoms with Crippen molar-refractivity contribution < 1.29 is 18.4 Å². The second kappa shape index (κ2) is 11.4. The first kappa shape index (κ1) is 24.1. The van der Waals surface area contributed by atoms with E-state index in [4.69, 9.17) is 8.83 Å².